The lowest BCUT2D eigenvalue weighted by atomic mass is 9.79. The topological polar surface area (TPSA) is 67.9 Å². The summed E-state index contributed by atoms with van der Waals surface area (Å²) in [6, 6.07) is 10.4. The maximum absolute atomic E-state index is 13.2. The Morgan fingerprint density at radius 1 is 1.13 bits per heavy atom. The Kier molecular flexibility index (Phi) is 8.92. The Bertz CT molecular complexity index is 706. The monoisotopic (exact) mass is 432 g/mol. The van der Waals surface area contributed by atoms with Gasteiger partial charge in [-0.3, -0.25) is 10.1 Å². The van der Waals surface area contributed by atoms with Crippen molar-refractivity contribution in [2.45, 2.75) is 84.4 Å². The quantitative estimate of drug-likeness (QED) is 0.610. The van der Waals surface area contributed by atoms with Gasteiger partial charge in [0.25, 0.3) is 0 Å². The summed E-state index contributed by atoms with van der Waals surface area (Å²) in [7, 11) is 0. The largest absolute Gasteiger partial charge is 0.465 e. The van der Waals surface area contributed by atoms with Gasteiger partial charge in [-0.05, 0) is 64.9 Å². The van der Waals surface area contributed by atoms with Crippen LogP contribution in [0.25, 0.3) is 0 Å². The molecule has 6 heteroatoms. The normalized spacial score (nSPS) is 17.3. The third kappa shape index (κ3) is 7.23. The lowest BCUT2D eigenvalue weighted by molar-refractivity contribution is -0.154. The number of ether oxygens (including phenoxy) is 2. The highest BCUT2D eigenvalue weighted by Gasteiger charge is 2.44. The molecule has 0 aliphatic carbocycles. The first-order chi connectivity index (χ1) is 14.6. The second-order valence-electron chi connectivity index (χ2n) is 9.72. The number of likely N-dealkylation sites (tertiary alicyclic amines) is 1. The van der Waals surface area contributed by atoms with Crippen molar-refractivity contribution in [1.82, 2.24) is 10.2 Å². The summed E-state index contributed by atoms with van der Waals surface area (Å²) in [4.78, 5) is 27.3. The summed E-state index contributed by atoms with van der Waals surface area (Å²) in [5, 5.41) is 3.68. The Labute approximate surface area is 187 Å². The molecule has 1 aliphatic rings. The zero-order chi connectivity index (χ0) is 23.1. The number of benzene rings is 1. The van der Waals surface area contributed by atoms with E-state index in [9.17, 15) is 9.59 Å². The number of esters is 1. The number of aryl methyl sites for hydroxylation is 1. The van der Waals surface area contributed by atoms with Crippen LogP contribution in [0.4, 0.5) is 4.79 Å². The standard InChI is InChI=1S/C25H40N2O4/c1-7-30-22(28)25(19(2)3,16-13-20-11-9-8-10-12-20)26-21-14-17-27(18-15-21)23(29)31-24(4,5)6/h8-12,19,21,26H,7,13-18H2,1-6H3. The van der Waals surface area contributed by atoms with Crippen LogP contribution >= 0.6 is 0 Å². The van der Waals surface area contributed by atoms with Gasteiger partial charge in [0.05, 0.1) is 6.61 Å². The lowest BCUT2D eigenvalue weighted by Gasteiger charge is -2.42. The van der Waals surface area contributed by atoms with E-state index in [0.29, 0.717) is 26.1 Å². The molecule has 0 spiro atoms. The minimum Gasteiger partial charge on any atom is -0.465 e. The first-order valence-electron chi connectivity index (χ1n) is 11.5. The molecule has 2 rings (SSSR count). The molecule has 1 heterocycles. The van der Waals surface area contributed by atoms with Crippen molar-refractivity contribution in [3.8, 4) is 0 Å². The van der Waals surface area contributed by atoms with Crippen molar-refractivity contribution < 1.29 is 19.1 Å². The maximum atomic E-state index is 13.2. The minimum absolute atomic E-state index is 0.0687. The summed E-state index contributed by atoms with van der Waals surface area (Å²) in [6.07, 6.45) is 2.74. The fourth-order valence-electron chi connectivity index (χ4n) is 4.07. The zero-order valence-corrected chi connectivity index (χ0v) is 20.1. The Hall–Kier alpha value is -2.08. The molecule has 1 aromatic rings. The average molecular weight is 433 g/mol. The molecule has 6 nitrogen and oxygen atoms in total. The van der Waals surface area contributed by atoms with E-state index >= 15 is 0 Å². The minimum atomic E-state index is -0.759. The molecule has 1 amide bonds. The van der Waals surface area contributed by atoms with Gasteiger partial charge in [0.15, 0.2) is 0 Å². The lowest BCUT2D eigenvalue weighted by Crippen LogP contribution is -2.62. The van der Waals surface area contributed by atoms with E-state index in [2.05, 4.69) is 31.3 Å². The van der Waals surface area contributed by atoms with Crippen molar-refractivity contribution in [3.63, 3.8) is 0 Å². The molecule has 0 saturated carbocycles. The number of nitrogens with zero attached hydrogens (tertiary/aromatic N) is 1. The molecule has 0 aromatic heterocycles. The predicted octanol–water partition coefficient (Wildman–Crippen LogP) is 4.57. The molecule has 31 heavy (non-hydrogen) atoms. The molecule has 1 aliphatic heterocycles. The van der Waals surface area contributed by atoms with Gasteiger partial charge in [0.1, 0.15) is 11.1 Å². The van der Waals surface area contributed by atoms with Crippen LogP contribution in [0, 0.1) is 5.92 Å². The van der Waals surface area contributed by atoms with Crippen molar-refractivity contribution in [2.75, 3.05) is 19.7 Å². The molecule has 0 bridgehead atoms. The van der Waals surface area contributed by atoms with Crippen molar-refractivity contribution >= 4 is 12.1 Å². The fourth-order valence-corrected chi connectivity index (χ4v) is 4.07. The molecule has 0 radical (unpaired) electrons. The van der Waals surface area contributed by atoms with Crippen molar-refractivity contribution in [3.05, 3.63) is 35.9 Å². The van der Waals surface area contributed by atoms with Gasteiger partial charge in [-0.1, -0.05) is 44.2 Å². The van der Waals surface area contributed by atoms with E-state index in [-0.39, 0.29) is 24.0 Å². The van der Waals surface area contributed by atoms with Gasteiger partial charge in [-0.25, -0.2) is 4.79 Å². The summed E-state index contributed by atoms with van der Waals surface area (Å²) in [5.74, 6) is -0.116. The number of rotatable bonds is 8. The second kappa shape index (κ2) is 11.0. The van der Waals surface area contributed by atoms with Gasteiger partial charge < -0.3 is 14.4 Å². The zero-order valence-electron chi connectivity index (χ0n) is 20.1. The van der Waals surface area contributed by atoms with Crippen LogP contribution in [0.15, 0.2) is 30.3 Å². The van der Waals surface area contributed by atoms with Crippen LogP contribution in [-0.2, 0) is 20.7 Å². The SMILES string of the molecule is CCOC(=O)C(CCc1ccccc1)(NC1CCN(C(=O)OC(C)(C)C)CC1)C(C)C. The van der Waals surface area contributed by atoms with E-state index in [0.717, 1.165) is 19.3 Å². The molecule has 1 fully saturated rings. The predicted molar refractivity (Wildman–Crippen MR) is 123 cm³/mol. The molecule has 1 atom stereocenters. The highest BCUT2D eigenvalue weighted by molar-refractivity contribution is 5.81. The van der Waals surface area contributed by atoms with Crippen molar-refractivity contribution in [1.29, 1.82) is 0 Å². The molecular formula is C25H40N2O4. The van der Waals surface area contributed by atoms with Crippen LogP contribution in [0.5, 0.6) is 0 Å². The fraction of sp³-hybridized carbons (Fsp3) is 0.680. The van der Waals surface area contributed by atoms with Crippen LogP contribution in [-0.4, -0.2) is 53.8 Å². The summed E-state index contributed by atoms with van der Waals surface area (Å²) >= 11 is 0. The van der Waals surface area contributed by atoms with E-state index in [1.807, 2.05) is 45.9 Å². The number of nitrogens with one attached hydrogen (secondary N) is 1. The van der Waals surface area contributed by atoms with Gasteiger partial charge in [-0.15, -0.1) is 0 Å². The van der Waals surface area contributed by atoms with E-state index in [1.165, 1.54) is 5.56 Å². The van der Waals surface area contributed by atoms with Crippen LogP contribution in [0.1, 0.15) is 66.4 Å². The number of piperidine rings is 1. The highest BCUT2D eigenvalue weighted by atomic mass is 16.6. The number of amides is 1. The molecule has 1 N–H and O–H groups in total. The van der Waals surface area contributed by atoms with Gasteiger partial charge in [0.2, 0.25) is 0 Å². The Morgan fingerprint density at radius 3 is 2.26 bits per heavy atom. The van der Waals surface area contributed by atoms with Gasteiger partial charge in [0, 0.05) is 19.1 Å². The molecule has 1 aromatic carbocycles. The van der Waals surface area contributed by atoms with Gasteiger partial charge in [-0.2, -0.15) is 0 Å². The number of hydrogen-bond donors (Lipinski definition) is 1. The third-order valence-electron chi connectivity index (χ3n) is 5.88. The number of carbonyl (C=O) groups excluding carboxylic acids is 2. The molecule has 1 saturated heterocycles. The van der Waals surface area contributed by atoms with E-state index in [4.69, 9.17) is 9.47 Å². The third-order valence-corrected chi connectivity index (χ3v) is 5.88. The molecule has 174 valence electrons. The Morgan fingerprint density at radius 2 is 1.74 bits per heavy atom. The van der Waals surface area contributed by atoms with E-state index in [1.54, 1.807) is 4.90 Å². The first-order valence-corrected chi connectivity index (χ1v) is 11.5. The number of hydrogen-bond acceptors (Lipinski definition) is 5. The van der Waals surface area contributed by atoms with Crippen molar-refractivity contribution in [2.24, 2.45) is 5.92 Å². The highest BCUT2D eigenvalue weighted by Crippen LogP contribution is 2.28. The molecule has 1 unspecified atom stereocenters. The summed E-state index contributed by atoms with van der Waals surface area (Å²) < 4.78 is 11.0. The number of carbonyl (C=O) groups is 2. The average Bonchev–Trinajstić information content (AvgIpc) is 2.71. The van der Waals surface area contributed by atoms with Gasteiger partial charge >= 0.3 is 12.1 Å². The maximum Gasteiger partial charge on any atom is 0.410 e. The molecular weight excluding hydrogens is 392 g/mol. The Balaban J connectivity index is 2.08. The first kappa shape index (κ1) is 25.2. The summed E-state index contributed by atoms with van der Waals surface area (Å²) in [6.45, 7) is 13.2. The van der Waals surface area contributed by atoms with Crippen LogP contribution in [0.2, 0.25) is 0 Å². The van der Waals surface area contributed by atoms with Crippen LogP contribution in [0.3, 0.4) is 0 Å². The van der Waals surface area contributed by atoms with Crippen LogP contribution < -0.4 is 5.32 Å². The summed E-state index contributed by atoms with van der Waals surface area (Å²) in [5.41, 5.74) is -0.0522. The van der Waals surface area contributed by atoms with E-state index < -0.39 is 11.1 Å². The second-order valence-corrected chi connectivity index (χ2v) is 9.72. The smallest absolute Gasteiger partial charge is 0.410 e.